The molecule has 4 amide bonds. The number of fused-ring (bicyclic) bond motifs is 1. The maximum atomic E-state index is 12.5. The fraction of sp³-hybridized carbons (Fsp3) is 0.333. The van der Waals surface area contributed by atoms with E-state index in [1.54, 1.807) is 12.1 Å². The fourth-order valence-corrected chi connectivity index (χ4v) is 3.49. The number of anilines is 2. The lowest BCUT2D eigenvalue weighted by Crippen LogP contribution is -2.33. The number of carbonyl (C=O) groups is 3. The number of nitrogens with one attached hydrogen (secondary N) is 2. The van der Waals surface area contributed by atoms with Gasteiger partial charge in [-0.05, 0) is 38.0 Å². The first kappa shape index (κ1) is 18.1. The molecule has 26 heavy (non-hydrogen) atoms. The maximum Gasteiger partial charge on any atom is 0.325 e. The molecule has 2 aromatic rings. The molecule has 0 unspecified atom stereocenters. The van der Waals surface area contributed by atoms with Crippen molar-refractivity contribution in [1.29, 1.82) is 0 Å². The van der Waals surface area contributed by atoms with Gasteiger partial charge >= 0.3 is 6.03 Å². The second-order valence-electron chi connectivity index (χ2n) is 6.61. The smallest absolute Gasteiger partial charge is 0.308 e. The standard InChI is InChI=1S/C18H20N4O3S/c1-9(2)8-22-15(23)13-6-5-12(7-14(13)16(22)24)20-17(25)21-18-19-10(3)11(4)26-18/h5-7,9H,8H2,1-4H3,(H2,19,20,21,25). The highest BCUT2D eigenvalue weighted by atomic mass is 32.1. The molecule has 0 aliphatic carbocycles. The van der Waals surface area contributed by atoms with E-state index in [1.165, 1.54) is 22.3 Å². The van der Waals surface area contributed by atoms with Gasteiger partial charge in [0.15, 0.2) is 5.13 Å². The van der Waals surface area contributed by atoms with Crippen molar-refractivity contribution in [3.05, 3.63) is 39.9 Å². The van der Waals surface area contributed by atoms with Crippen molar-refractivity contribution in [2.24, 2.45) is 5.92 Å². The Labute approximate surface area is 155 Å². The van der Waals surface area contributed by atoms with Crippen LogP contribution in [0.1, 0.15) is 45.1 Å². The molecule has 0 fully saturated rings. The van der Waals surface area contributed by atoms with Gasteiger partial charge in [-0.15, -0.1) is 11.3 Å². The molecular weight excluding hydrogens is 352 g/mol. The minimum atomic E-state index is -0.450. The molecule has 1 aliphatic heterocycles. The van der Waals surface area contributed by atoms with Crippen LogP contribution in [-0.2, 0) is 0 Å². The van der Waals surface area contributed by atoms with E-state index in [1.807, 2.05) is 27.7 Å². The molecule has 0 spiro atoms. The van der Waals surface area contributed by atoms with Crippen LogP contribution in [0.25, 0.3) is 0 Å². The van der Waals surface area contributed by atoms with Crippen LogP contribution < -0.4 is 10.6 Å². The number of aromatic nitrogens is 1. The Morgan fingerprint density at radius 2 is 1.85 bits per heavy atom. The number of aryl methyl sites for hydroxylation is 2. The average molecular weight is 372 g/mol. The summed E-state index contributed by atoms with van der Waals surface area (Å²) in [5.41, 5.74) is 2.00. The molecule has 8 heteroatoms. The second kappa shape index (κ2) is 6.87. The Morgan fingerprint density at radius 3 is 2.46 bits per heavy atom. The molecule has 1 aromatic heterocycles. The van der Waals surface area contributed by atoms with E-state index in [-0.39, 0.29) is 17.7 Å². The van der Waals surface area contributed by atoms with Crippen LogP contribution in [-0.4, -0.2) is 34.3 Å². The molecular formula is C18H20N4O3S. The van der Waals surface area contributed by atoms with Crippen molar-refractivity contribution in [2.75, 3.05) is 17.2 Å². The number of hydrogen-bond donors (Lipinski definition) is 2. The molecule has 7 nitrogen and oxygen atoms in total. The number of hydrogen-bond acceptors (Lipinski definition) is 5. The van der Waals surface area contributed by atoms with Gasteiger partial charge in [-0.3, -0.25) is 19.8 Å². The van der Waals surface area contributed by atoms with Crippen LogP contribution in [0, 0.1) is 19.8 Å². The minimum absolute atomic E-state index is 0.186. The average Bonchev–Trinajstić information content (AvgIpc) is 2.98. The van der Waals surface area contributed by atoms with Gasteiger partial charge in [-0.1, -0.05) is 13.8 Å². The van der Waals surface area contributed by atoms with Crippen LogP contribution in [0.4, 0.5) is 15.6 Å². The highest BCUT2D eigenvalue weighted by Crippen LogP contribution is 2.27. The molecule has 2 N–H and O–H groups in total. The topological polar surface area (TPSA) is 91.4 Å². The van der Waals surface area contributed by atoms with Gasteiger partial charge in [0, 0.05) is 17.1 Å². The van der Waals surface area contributed by atoms with Crippen LogP contribution in [0.3, 0.4) is 0 Å². The summed E-state index contributed by atoms with van der Waals surface area (Å²) in [6.45, 7) is 8.08. The van der Waals surface area contributed by atoms with E-state index >= 15 is 0 Å². The van der Waals surface area contributed by atoms with Crippen molar-refractivity contribution >= 4 is 40.0 Å². The molecule has 0 radical (unpaired) electrons. The SMILES string of the molecule is Cc1nc(NC(=O)Nc2ccc3c(c2)C(=O)N(CC(C)C)C3=O)sc1C. The third-order valence-corrected chi connectivity index (χ3v) is 5.01. The molecule has 1 aliphatic rings. The van der Waals surface area contributed by atoms with E-state index < -0.39 is 6.03 Å². The first-order valence-corrected chi connectivity index (χ1v) is 9.10. The van der Waals surface area contributed by atoms with Crippen molar-refractivity contribution in [3.8, 4) is 0 Å². The number of imide groups is 1. The third-order valence-electron chi connectivity index (χ3n) is 4.03. The van der Waals surface area contributed by atoms with Gasteiger partial charge in [0.1, 0.15) is 0 Å². The molecule has 0 atom stereocenters. The van der Waals surface area contributed by atoms with Gasteiger partial charge in [-0.2, -0.15) is 0 Å². The zero-order valence-electron chi connectivity index (χ0n) is 15.0. The van der Waals surface area contributed by atoms with Crippen molar-refractivity contribution < 1.29 is 14.4 Å². The Balaban J connectivity index is 1.74. The summed E-state index contributed by atoms with van der Waals surface area (Å²) >= 11 is 1.39. The summed E-state index contributed by atoms with van der Waals surface area (Å²) in [4.78, 5) is 43.5. The van der Waals surface area contributed by atoms with E-state index in [4.69, 9.17) is 0 Å². The van der Waals surface area contributed by atoms with Gasteiger partial charge in [0.2, 0.25) is 0 Å². The zero-order valence-corrected chi connectivity index (χ0v) is 15.9. The highest BCUT2D eigenvalue weighted by Gasteiger charge is 2.35. The minimum Gasteiger partial charge on any atom is -0.308 e. The summed E-state index contributed by atoms with van der Waals surface area (Å²) in [5.74, 6) is -0.428. The summed E-state index contributed by atoms with van der Waals surface area (Å²) in [7, 11) is 0. The summed E-state index contributed by atoms with van der Waals surface area (Å²) in [5, 5.41) is 5.85. The first-order chi connectivity index (χ1) is 12.3. The number of amides is 4. The van der Waals surface area contributed by atoms with Crippen molar-refractivity contribution in [1.82, 2.24) is 9.88 Å². The summed E-state index contributed by atoms with van der Waals surface area (Å²) < 4.78 is 0. The molecule has 136 valence electrons. The number of carbonyl (C=O) groups excluding carboxylic acids is 3. The molecule has 0 bridgehead atoms. The number of thiazole rings is 1. The summed E-state index contributed by atoms with van der Waals surface area (Å²) in [6.07, 6.45) is 0. The van der Waals surface area contributed by atoms with E-state index in [0.717, 1.165) is 10.6 Å². The fourth-order valence-electron chi connectivity index (χ4n) is 2.69. The third kappa shape index (κ3) is 3.45. The van der Waals surface area contributed by atoms with E-state index in [0.29, 0.717) is 28.5 Å². The predicted octanol–water partition coefficient (Wildman–Crippen LogP) is 3.66. The van der Waals surface area contributed by atoms with Crippen LogP contribution in [0.2, 0.25) is 0 Å². The lowest BCUT2D eigenvalue weighted by molar-refractivity contribution is 0.0636. The molecule has 0 saturated carbocycles. The van der Waals surface area contributed by atoms with Gasteiger partial charge in [-0.25, -0.2) is 9.78 Å². The predicted molar refractivity (Wildman–Crippen MR) is 101 cm³/mol. The van der Waals surface area contributed by atoms with E-state index in [9.17, 15) is 14.4 Å². The molecule has 3 rings (SSSR count). The molecule has 1 aromatic carbocycles. The monoisotopic (exact) mass is 372 g/mol. The lowest BCUT2D eigenvalue weighted by atomic mass is 10.1. The highest BCUT2D eigenvalue weighted by molar-refractivity contribution is 7.15. The maximum absolute atomic E-state index is 12.5. The summed E-state index contributed by atoms with van der Waals surface area (Å²) in [6, 6.07) is 4.27. The molecule has 2 heterocycles. The van der Waals surface area contributed by atoms with Crippen LogP contribution in [0.15, 0.2) is 18.2 Å². The Kier molecular flexibility index (Phi) is 4.78. The van der Waals surface area contributed by atoms with Gasteiger partial charge in [0.05, 0.1) is 16.8 Å². The van der Waals surface area contributed by atoms with Gasteiger partial charge in [0.25, 0.3) is 11.8 Å². The Morgan fingerprint density at radius 1 is 1.15 bits per heavy atom. The number of urea groups is 1. The number of nitrogens with zero attached hydrogens (tertiary/aromatic N) is 2. The van der Waals surface area contributed by atoms with Crippen molar-refractivity contribution in [2.45, 2.75) is 27.7 Å². The van der Waals surface area contributed by atoms with Crippen LogP contribution in [0.5, 0.6) is 0 Å². The van der Waals surface area contributed by atoms with E-state index in [2.05, 4.69) is 15.6 Å². The number of benzene rings is 1. The lowest BCUT2D eigenvalue weighted by Gasteiger charge is -2.15. The second-order valence-corrected chi connectivity index (χ2v) is 7.82. The quantitative estimate of drug-likeness (QED) is 0.801. The van der Waals surface area contributed by atoms with Crippen molar-refractivity contribution in [3.63, 3.8) is 0 Å². The largest absolute Gasteiger partial charge is 0.325 e. The Bertz CT molecular complexity index is 884. The Hall–Kier alpha value is -2.74. The van der Waals surface area contributed by atoms with Crippen LogP contribution >= 0.6 is 11.3 Å². The molecule has 0 saturated heterocycles. The normalized spacial score (nSPS) is 13.3. The van der Waals surface area contributed by atoms with Gasteiger partial charge < -0.3 is 5.32 Å². The number of rotatable bonds is 4. The first-order valence-electron chi connectivity index (χ1n) is 8.28. The zero-order chi connectivity index (χ0) is 19.0.